The van der Waals surface area contributed by atoms with Gasteiger partial charge in [0.05, 0.1) is 13.1 Å². The summed E-state index contributed by atoms with van der Waals surface area (Å²) >= 11 is 0. The number of amides is 2. The summed E-state index contributed by atoms with van der Waals surface area (Å²) in [5.74, 6) is 0.291. The van der Waals surface area contributed by atoms with E-state index in [4.69, 9.17) is 5.73 Å². The van der Waals surface area contributed by atoms with E-state index in [1.54, 1.807) is 0 Å². The van der Waals surface area contributed by atoms with Gasteiger partial charge in [0.15, 0.2) is 5.96 Å². The molecule has 0 fully saturated rings. The van der Waals surface area contributed by atoms with Gasteiger partial charge in [-0.25, -0.2) is 4.79 Å². The van der Waals surface area contributed by atoms with Gasteiger partial charge in [0.1, 0.15) is 0 Å². The summed E-state index contributed by atoms with van der Waals surface area (Å²) in [4.78, 5) is 17.6. The standard InChI is InChI=1S/C13H18N4O/c1-3-10-6-4-5-9(2)11(10)16-13(18)17-8-7-15-12(17)14/h4-6H,3,7-8H2,1-2H3,(H2,14,15)(H,16,18). The van der Waals surface area contributed by atoms with Gasteiger partial charge in [-0.2, -0.15) is 0 Å². The van der Waals surface area contributed by atoms with Crippen molar-refractivity contribution >= 4 is 17.7 Å². The topological polar surface area (TPSA) is 70.7 Å². The number of benzene rings is 1. The van der Waals surface area contributed by atoms with Crippen molar-refractivity contribution in [2.24, 2.45) is 10.7 Å². The van der Waals surface area contributed by atoms with E-state index < -0.39 is 0 Å². The summed E-state index contributed by atoms with van der Waals surface area (Å²) in [5, 5.41) is 2.93. The number of para-hydroxylation sites is 1. The zero-order valence-corrected chi connectivity index (χ0v) is 10.7. The van der Waals surface area contributed by atoms with Crippen molar-refractivity contribution in [3.05, 3.63) is 29.3 Å². The molecule has 96 valence electrons. The molecule has 0 saturated carbocycles. The number of hydrogen-bond donors (Lipinski definition) is 2. The van der Waals surface area contributed by atoms with E-state index in [2.05, 4.69) is 17.2 Å². The molecule has 0 spiro atoms. The number of urea groups is 1. The number of nitrogens with zero attached hydrogens (tertiary/aromatic N) is 2. The average molecular weight is 246 g/mol. The molecule has 1 aromatic carbocycles. The highest BCUT2D eigenvalue weighted by molar-refractivity contribution is 6.03. The fourth-order valence-corrected chi connectivity index (χ4v) is 2.05. The van der Waals surface area contributed by atoms with E-state index in [0.717, 1.165) is 23.2 Å². The Morgan fingerprint density at radius 2 is 2.33 bits per heavy atom. The monoisotopic (exact) mass is 246 g/mol. The van der Waals surface area contributed by atoms with Gasteiger partial charge in [-0.15, -0.1) is 0 Å². The lowest BCUT2D eigenvalue weighted by Gasteiger charge is -2.19. The van der Waals surface area contributed by atoms with E-state index in [1.165, 1.54) is 4.90 Å². The third kappa shape index (κ3) is 2.30. The molecule has 0 unspecified atom stereocenters. The van der Waals surface area contributed by atoms with Crippen molar-refractivity contribution in [2.75, 3.05) is 18.4 Å². The Labute approximate surface area is 107 Å². The number of hydrogen-bond acceptors (Lipinski definition) is 3. The van der Waals surface area contributed by atoms with Gasteiger partial charge >= 0.3 is 6.03 Å². The Morgan fingerprint density at radius 1 is 1.56 bits per heavy atom. The molecule has 5 nitrogen and oxygen atoms in total. The Kier molecular flexibility index (Phi) is 3.50. The van der Waals surface area contributed by atoms with Crippen LogP contribution in [0.4, 0.5) is 10.5 Å². The van der Waals surface area contributed by atoms with Crippen molar-refractivity contribution in [3.8, 4) is 0 Å². The summed E-state index contributed by atoms with van der Waals surface area (Å²) in [6, 6.07) is 5.79. The molecule has 1 aromatic rings. The fourth-order valence-electron chi connectivity index (χ4n) is 2.05. The van der Waals surface area contributed by atoms with Crippen LogP contribution in [0.3, 0.4) is 0 Å². The normalized spacial score (nSPS) is 14.6. The number of aryl methyl sites for hydroxylation is 2. The van der Waals surface area contributed by atoms with Gasteiger partial charge < -0.3 is 11.1 Å². The van der Waals surface area contributed by atoms with Crippen LogP contribution in [0, 0.1) is 6.92 Å². The molecule has 1 aliphatic heterocycles. The van der Waals surface area contributed by atoms with Gasteiger partial charge in [0.2, 0.25) is 0 Å². The number of anilines is 1. The molecule has 1 heterocycles. The van der Waals surface area contributed by atoms with Crippen LogP contribution in [0.1, 0.15) is 18.1 Å². The molecular formula is C13H18N4O. The van der Waals surface area contributed by atoms with Crippen LogP contribution in [0.5, 0.6) is 0 Å². The molecule has 3 N–H and O–H groups in total. The van der Waals surface area contributed by atoms with Gasteiger partial charge in [-0.1, -0.05) is 25.1 Å². The maximum Gasteiger partial charge on any atom is 0.328 e. The Balaban J connectivity index is 2.19. The number of carbonyl (C=O) groups excluding carboxylic acids is 1. The molecule has 0 saturated heterocycles. The number of nitrogens with two attached hydrogens (primary N) is 1. The second-order valence-corrected chi connectivity index (χ2v) is 4.28. The molecule has 0 bridgehead atoms. The molecule has 0 atom stereocenters. The highest BCUT2D eigenvalue weighted by atomic mass is 16.2. The third-order valence-corrected chi connectivity index (χ3v) is 3.09. The molecule has 2 rings (SSSR count). The van der Waals surface area contributed by atoms with Gasteiger partial charge in [0, 0.05) is 5.69 Å². The zero-order chi connectivity index (χ0) is 13.1. The molecule has 1 aliphatic rings. The number of carbonyl (C=O) groups is 1. The van der Waals surface area contributed by atoms with Crippen molar-refractivity contribution in [3.63, 3.8) is 0 Å². The van der Waals surface area contributed by atoms with Crippen LogP contribution in [0.15, 0.2) is 23.2 Å². The van der Waals surface area contributed by atoms with Crippen LogP contribution in [0.25, 0.3) is 0 Å². The van der Waals surface area contributed by atoms with E-state index in [1.807, 2.05) is 25.1 Å². The smallest absolute Gasteiger partial charge is 0.328 e. The second-order valence-electron chi connectivity index (χ2n) is 4.28. The van der Waals surface area contributed by atoms with Crippen LogP contribution in [-0.2, 0) is 6.42 Å². The van der Waals surface area contributed by atoms with Crippen LogP contribution < -0.4 is 11.1 Å². The zero-order valence-electron chi connectivity index (χ0n) is 10.7. The van der Waals surface area contributed by atoms with Gasteiger partial charge in [-0.3, -0.25) is 9.89 Å². The number of aliphatic imine (C=N–C) groups is 1. The summed E-state index contributed by atoms with van der Waals surface area (Å²) in [6.45, 7) is 5.17. The number of nitrogens with one attached hydrogen (secondary N) is 1. The predicted molar refractivity (Wildman–Crippen MR) is 72.8 cm³/mol. The quantitative estimate of drug-likeness (QED) is 0.834. The fraction of sp³-hybridized carbons (Fsp3) is 0.385. The minimum absolute atomic E-state index is 0.210. The molecule has 18 heavy (non-hydrogen) atoms. The second kappa shape index (κ2) is 5.08. The highest BCUT2D eigenvalue weighted by Gasteiger charge is 2.22. The molecular weight excluding hydrogens is 228 g/mol. The Bertz CT molecular complexity index is 496. The Hall–Kier alpha value is -2.04. The van der Waals surface area contributed by atoms with Crippen molar-refractivity contribution in [2.45, 2.75) is 20.3 Å². The lowest BCUT2D eigenvalue weighted by atomic mass is 10.1. The van der Waals surface area contributed by atoms with Gasteiger partial charge in [-0.05, 0) is 24.5 Å². The maximum absolute atomic E-state index is 12.1. The summed E-state index contributed by atoms with van der Waals surface area (Å²) in [5.41, 5.74) is 8.71. The SMILES string of the molecule is CCc1cccc(C)c1NC(=O)N1CCN=C1N. The van der Waals surface area contributed by atoms with Crippen LogP contribution in [0.2, 0.25) is 0 Å². The summed E-state index contributed by atoms with van der Waals surface area (Å²) < 4.78 is 0. The highest BCUT2D eigenvalue weighted by Crippen LogP contribution is 2.21. The number of rotatable bonds is 2. The van der Waals surface area contributed by atoms with Crippen LogP contribution >= 0.6 is 0 Å². The minimum Gasteiger partial charge on any atom is -0.369 e. The van der Waals surface area contributed by atoms with E-state index in [0.29, 0.717) is 19.0 Å². The minimum atomic E-state index is -0.210. The van der Waals surface area contributed by atoms with Crippen molar-refractivity contribution in [1.82, 2.24) is 4.90 Å². The molecule has 5 heteroatoms. The van der Waals surface area contributed by atoms with Crippen molar-refractivity contribution in [1.29, 1.82) is 0 Å². The van der Waals surface area contributed by atoms with E-state index in [-0.39, 0.29) is 6.03 Å². The molecule has 0 aliphatic carbocycles. The van der Waals surface area contributed by atoms with Crippen molar-refractivity contribution < 1.29 is 4.79 Å². The van der Waals surface area contributed by atoms with E-state index >= 15 is 0 Å². The Morgan fingerprint density at radius 3 is 2.94 bits per heavy atom. The predicted octanol–water partition coefficient (Wildman–Crippen LogP) is 1.72. The summed E-state index contributed by atoms with van der Waals surface area (Å²) in [7, 11) is 0. The molecule has 0 aromatic heterocycles. The van der Waals surface area contributed by atoms with E-state index in [9.17, 15) is 4.79 Å². The average Bonchev–Trinajstić information content (AvgIpc) is 2.78. The largest absolute Gasteiger partial charge is 0.369 e. The number of guanidine groups is 1. The third-order valence-electron chi connectivity index (χ3n) is 3.09. The molecule has 0 radical (unpaired) electrons. The molecule has 2 amide bonds. The lowest BCUT2D eigenvalue weighted by molar-refractivity contribution is 0.236. The first-order valence-electron chi connectivity index (χ1n) is 6.10. The first-order chi connectivity index (χ1) is 8.63. The van der Waals surface area contributed by atoms with Crippen LogP contribution in [-0.4, -0.2) is 30.0 Å². The first-order valence-corrected chi connectivity index (χ1v) is 6.10. The lowest BCUT2D eigenvalue weighted by Crippen LogP contribution is -2.41. The van der Waals surface area contributed by atoms with Gasteiger partial charge in [0.25, 0.3) is 0 Å². The first kappa shape index (κ1) is 12.4. The summed E-state index contributed by atoms with van der Waals surface area (Å²) in [6.07, 6.45) is 0.876. The maximum atomic E-state index is 12.1.